The molecule has 0 atom stereocenters. The lowest BCUT2D eigenvalue weighted by molar-refractivity contribution is 0.102. The Balaban J connectivity index is 1.79. The number of fused-ring (bicyclic) bond motifs is 1. The molecular weight excluding hydrogens is 298 g/mol. The molecule has 0 unspecified atom stereocenters. The van der Waals surface area contributed by atoms with Crippen molar-refractivity contribution < 1.29 is 4.79 Å². The number of aromatic nitrogens is 3. The number of amides is 1. The standard InChI is InChI=1S/C15H17N5OS/c1-9-8-17-15(22-9)20-14(21)10-4-5-11-12(7-10)19-13(18-11)3-2-6-16/h4-5,7-8H,2-3,6,16H2,1H3,(H,18,19)(H,17,20,21). The maximum absolute atomic E-state index is 12.3. The van der Waals surface area contributed by atoms with Crippen molar-refractivity contribution in [3.63, 3.8) is 0 Å². The zero-order valence-corrected chi connectivity index (χ0v) is 13.0. The SMILES string of the molecule is Cc1cnc(NC(=O)c2ccc3nc(CCCN)[nH]c3c2)s1. The van der Waals surface area contributed by atoms with Crippen LogP contribution in [-0.2, 0) is 6.42 Å². The number of carbonyl (C=O) groups is 1. The lowest BCUT2D eigenvalue weighted by Crippen LogP contribution is -2.11. The number of rotatable bonds is 5. The zero-order valence-electron chi connectivity index (χ0n) is 12.2. The molecule has 0 saturated heterocycles. The van der Waals surface area contributed by atoms with E-state index in [1.54, 1.807) is 12.3 Å². The predicted octanol–water partition coefficient (Wildman–Crippen LogP) is 2.47. The van der Waals surface area contributed by atoms with Crippen molar-refractivity contribution in [1.82, 2.24) is 15.0 Å². The van der Waals surface area contributed by atoms with Crippen LogP contribution >= 0.6 is 11.3 Å². The normalized spacial score (nSPS) is 11.0. The van der Waals surface area contributed by atoms with Crippen LogP contribution < -0.4 is 11.1 Å². The van der Waals surface area contributed by atoms with Crippen LogP contribution in [0.3, 0.4) is 0 Å². The number of anilines is 1. The van der Waals surface area contributed by atoms with Crippen LogP contribution in [0.1, 0.15) is 27.5 Å². The molecule has 0 aliphatic heterocycles. The first-order chi connectivity index (χ1) is 10.7. The molecule has 4 N–H and O–H groups in total. The highest BCUT2D eigenvalue weighted by molar-refractivity contribution is 7.15. The summed E-state index contributed by atoms with van der Waals surface area (Å²) in [7, 11) is 0. The number of carbonyl (C=O) groups excluding carboxylic acids is 1. The van der Waals surface area contributed by atoms with Gasteiger partial charge in [-0.25, -0.2) is 9.97 Å². The summed E-state index contributed by atoms with van der Waals surface area (Å²) in [6, 6.07) is 5.43. The summed E-state index contributed by atoms with van der Waals surface area (Å²) < 4.78 is 0. The minimum Gasteiger partial charge on any atom is -0.342 e. The van der Waals surface area contributed by atoms with Crippen molar-refractivity contribution in [1.29, 1.82) is 0 Å². The highest BCUT2D eigenvalue weighted by atomic mass is 32.1. The van der Waals surface area contributed by atoms with Gasteiger partial charge in [0.15, 0.2) is 5.13 Å². The molecule has 0 spiro atoms. The largest absolute Gasteiger partial charge is 0.342 e. The van der Waals surface area contributed by atoms with E-state index in [-0.39, 0.29) is 5.91 Å². The highest BCUT2D eigenvalue weighted by Gasteiger charge is 2.11. The van der Waals surface area contributed by atoms with E-state index in [0.717, 1.165) is 34.6 Å². The van der Waals surface area contributed by atoms with E-state index in [2.05, 4.69) is 20.3 Å². The third-order valence-electron chi connectivity index (χ3n) is 3.25. The number of aryl methyl sites for hydroxylation is 2. The number of nitrogens with one attached hydrogen (secondary N) is 2. The quantitative estimate of drug-likeness (QED) is 0.674. The van der Waals surface area contributed by atoms with E-state index in [0.29, 0.717) is 17.2 Å². The Bertz CT molecular complexity index is 807. The van der Waals surface area contributed by atoms with Gasteiger partial charge in [-0.05, 0) is 38.1 Å². The van der Waals surface area contributed by atoms with Crippen molar-refractivity contribution in [2.24, 2.45) is 5.73 Å². The average Bonchev–Trinajstić information content (AvgIpc) is 3.09. The Morgan fingerprint density at radius 2 is 2.32 bits per heavy atom. The topological polar surface area (TPSA) is 96.7 Å². The van der Waals surface area contributed by atoms with Gasteiger partial charge in [0.25, 0.3) is 5.91 Å². The number of nitrogens with zero attached hydrogens (tertiary/aromatic N) is 2. The summed E-state index contributed by atoms with van der Waals surface area (Å²) in [6.07, 6.45) is 3.43. The number of imidazole rings is 1. The van der Waals surface area contributed by atoms with Crippen molar-refractivity contribution in [3.8, 4) is 0 Å². The Hall–Kier alpha value is -2.25. The maximum atomic E-state index is 12.3. The molecule has 0 saturated carbocycles. The second kappa shape index (κ2) is 6.25. The van der Waals surface area contributed by atoms with Gasteiger partial charge >= 0.3 is 0 Å². The summed E-state index contributed by atoms with van der Waals surface area (Å²) in [5.74, 6) is 0.725. The molecule has 0 fully saturated rings. The van der Waals surface area contributed by atoms with Crippen LogP contribution in [0, 0.1) is 6.92 Å². The number of hydrogen-bond donors (Lipinski definition) is 3. The Morgan fingerprint density at radius 1 is 1.45 bits per heavy atom. The van der Waals surface area contributed by atoms with E-state index in [4.69, 9.17) is 5.73 Å². The third kappa shape index (κ3) is 3.15. The minimum atomic E-state index is -0.172. The second-order valence-electron chi connectivity index (χ2n) is 5.04. The second-order valence-corrected chi connectivity index (χ2v) is 6.27. The summed E-state index contributed by atoms with van der Waals surface area (Å²) in [5, 5.41) is 3.41. The molecule has 0 aliphatic rings. The van der Waals surface area contributed by atoms with Gasteiger partial charge < -0.3 is 10.7 Å². The van der Waals surface area contributed by atoms with Crippen molar-refractivity contribution in [3.05, 3.63) is 40.7 Å². The summed E-state index contributed by atoms with van der Waals surface area (Å²) in [5.41, 5.74) is 7.80. The molecule has 0 bridgehead atoms. The molecule has 114 valence electrons. The van der Waals surface area contributed by atoms with E-state index in [1.807, 2.05) is 19.1 Å². The van der Waals surface area contributed by atoms with Gasteiger partial charge in [0.2, 0.25) is 0 Å². The first kappa shape index (κ1) is 14.7. The fourth-order valence-corrected chi connectivity index (χ4v) is 2.83. The molecule has 0 radical (unpaired) electrons. The number of aromatic amines is 1. The van der Waals surface area contributed by atoms with Crippen LogP contribution in [0.5, 0.6) is 0 Å². The molecule has 3 rings (SSSR count). The Kier molecular flexibility index (Phi) is 4.17. The van der Waals surface area contributed by atoms with Gasteiger partial charge in [-0.15, -0.1) is 11.3 Å². The molecule has 0 aliphatic carbocycles. The van der Waals surface area contributed by atoms with Gasteiger partial charge in [0.1, 0.15) is 5.82 Å². The van der Waals surface area contributed by atoms with E-state index in [1.165, 1.54) is 11.3 Å². The molecule has 2 heterocycles. The minimum absolute atomic E-state index is 0.172. The van der Waals surface area contributed by atoms with E-state index >= 15 is 0 Å². The van der Waals surface area contributed by atoms with Crippen molar-refractivity contribution >= 4 is 33.4 Å². The van der Waals surface area contributed by atoms with E-state index < -0.39 is 0 Å². The predicted molar refractivity (Wildman–Crippen MR) is 88.3 cm³/mol. The van der Waals surface area contributed by atoms with Gasteiger partial charge in [0.05, 0.1) is 11.0 Å². The number of H-pyrrole nitrogens is 1. The summed E-state index contributed by atoms with van der Waals surface area (Å²) >= 11 is 1.45. The lowest BCUT2D eigenvalue weighted by atomic mass is 10.2. The number of nitrogens with two attached hydrogens (primary N) is 1. The van der Waals surface area contributed by atoms with Crippen LogP contribution in [0.2, 0.25) is 0 Å². The number of hydrogen-bond acceptors (Lipinski definition) is 5. The molecule has 2 aromatic heterocycles. The van der Waals surface area contributed by atoms with Gasteiger partial charge in [-0.3, -0.25) is 10.1 Å². The molecule has 22 heavy (non-hydrogen) atoms. The monoisotopic (exact) mass is 315 g/mol. The van der Waals surface area contributed by atoms with Crippen molar-refractivity contribution in [2.75, 3.05) is 11.9 Å². The fraction of sp³-hybridized carbons (Fsp3) is 0.267. The van der Waals surface area contributed by atoms with Crippen LogP contribution in [0.4, 0.5) is 5.13 Å². The van der Waals surface area contributed by atoms with Crippen LogP contribution in [-0.4, -0.2) is 27.4 Å². The van der Waals surface area contributed by atoms with Crippen LogP contribution in [0.15, 0.2) is 24.4 Å². The first-order valence-electron chi connectivity index (χ1n) is 7.08. The molecule has 1 aromatic carbocycles. The first-order valence-corrected chi connectivity index (χ1v) is 7.90. The molecule has 1 amide bonds. The smallest absolute Gasteiger partial charge is 0.257 e. The average molecular weight is 315 g/mol. The lowest BCUT2D eigenvalue weighted by Gasteiger charge is -2.01. The highest BCUT2D eigenvalue weighted by Crippen LogP contribution is 2.19. The third-order valence-corrected chi connectivity index (χ3v) is 4.08. The molecule has 3 aromatic rings. The van der Waals surface area contributed by atoms with Gasteiger partial charge in [0, 0.05) is 23.1 Å². The molecule has 6 nitrogen and oxygen atoms in total. The molecular formula is C15H17N5OS. The van der Waals surface area contributed by atoms with Gasteiger partial charge in [-0.1, -0.05) is 0 Å². The van der Waals surface area contributed by atoms with Crippen LogP contribution in [0.25, 0.3) is 11.0 Å². The Labute approximate surface area is 131 Å². The van der Waals surface area contributed by atoms with Crippen molar-refractivity contribution in [2.45, 2.75) is 19.8 Å². The fourth-order valence-electron chi connectivity index (χ4n) is 2.17. The number of benzene rings is 1. The maximum Gasteiger partial charge on any atom is 0.257 e. The van der Waals surface area contributed by atoms with E-state index in [9.17, 15) is 4.79 Å². The molecule has 7 heteroatoms. The zero-order chi connectivity index (χ0) is 15.5. The Morgan fingerprint density at radius 3 is 3.05 bits per heavy atom. The summed E-state index contributed by atoms with van der Waals surface area (Å²) in [4.78, 5) is 25.2. The van der Waals surface area contributed by atoms with Gasteiger partial charge in [-0.2, -0.15) is 0 Å². The number of thiazole rings is 1. The summed E-state index contributed by atoms with van der Waals surface area (Å²) in [6.45, 7) is 2.59.